The molecule has 0 bridgehead atoms. The number of rotatable bonds is 4. The third kappa shape index (κ3) is 2.25. The molecule has 1 fully saturated rings. The van der Waals surface area contributed by atoms with Crippen molar-refractivity contribution in [1.29, 1.82) is 0 Å². The summed E-state index contributed by atoms with van der Waals surface area (Å²) >= 11 is 3.18. The van der Waals surface area contributed by atoms with Gasteiger partial charge < -0.3 is 4.55 Å². The van der Waals surface area contributed by atoms with Crippen molar-refractivity contribution in [3.63, 3.8) is 0 Å². The van der Waals surface area contributed by atoms with Crippen molar-refractivity contribution in [2.24, 2.45) is 0 Å². The van der Waals surface area contributed by atoms with Crippen molar-refractivity contribution in [1.82, 2.24) is 0 Å². The third-order valence-corrected chi connectivity index (χ3v) is 5.24. The normalized spacial score (nSPS) is 18.1. The predicted molar refractivity (Wildman–Crippen MR) is 74.3 cm³/mol. The topological polar surface area (TPSA) is 97.5 Å². The molecule has 0 spiro atoms. The summed E-state index contributed by atoms with van der Waals surface area (Å²) < 4.78 is 20.0. The molecule has 1 aliphatic carbocycles. The number of nitro groups is 1. The number of hydrogen-bond donors (Lipinski definition) is 1. The van der Waals surface area contributed by atoms with E-state index in [0.717, 1.165) is 12.5 Å². The summed E-state index contributed by atoms with van der Waals surface area (Å²) in [6, 6.07) is 2.52. The van der Waals surface area contributed by atoms with Crippen molar-refractivity contribution >= 4 is 33.6 Å². The largest absolute Gasteiger partial charge is 0.305 e. The second-order valence-corrected chi connectivity index (χ2v) is 6.44. The Morgan fingerprint density at radius 1 is 1.50 bits per heavy atom. The minimum absolute atomic E-state index is 0.0420. The van der Waals surface area contributed by atoms with Crippen LogP contribution in [0.15, 0.2) is 12.1 Å². The molecular formula is C12H12ClNO5S. The fourth-order valence-electron chi connectivity index (χ4n) is 2.46. The highest BCUT2D eigenvalue weighted by atomic mass is 35.5. The van der Waals surface area contributed by atoms with Crippen molar-refractivity contribution < 1.29 is 18.5 Å². The van der Waals surface area contributed by atoms with Gasteiger partial charge in [-0.3, -0.25) is 14.9 Å². The molecule has 0 radical (unpaired) electrons. The number of carbonyl (C=O) groups excluding carboxylic acids is 1. The quantitative estimate of drug-likeness (QED) is 0.398. The van der Waals surface area contributed by atoms with Gasteiger partial charge in [0.1, 0.15) is 4.75 Å². The van der Waals surface area contributed by atoms with Crippen LogP contribution in [0, 0.1) is 17.0 Å². The van der Waals surface area contributed by atoms with Gasteiger partial charge in [0.25, 0.3) is 10.9 Å². The number of nitro benzene ring substituents is 1. The van der Waals surface area contributed by atoms with E-state index in [2.05, 4.69) is 0 Å². The van der Waals surface area contributed by atoms with Crippen molar-refractivity contribution in [3.05, 3.63) is 38.9 Å². The van der Waals surface area contributed by atoms with Gasteiger partial charge in [-0.15, -0.1) is 0 Å². The van der Waals surface area contributed by atoms with Crippen LogP contribution in [0.5, 0.6) is 0 Å². The smallest absolute Gasteiger partial charge is 0.274 e. The fraction of sp³-hybridized carbons (Fsp3) is 0.417. The van der Waals surface area contributed by atoms with Crippen LogP contribution in [-0.4, -0.2) is 18.9 Å². The molecule has 6 nitrogen and oxygen atoms in total. The molecule has 0 saturated heterocycles. The molecule has 1 aromatic carbocycles. The average Bonchev–Trinajstić information content (AvgIpc) is 2.25. The van der Waals surface area contributed by atoms with E-state index in [1.165, 1.54) is 6.07 Å². The van der Waals surface area contributed by atoms with Gasteiger partial charge in [0.2, 0.25) is 0 Å². The van der Waals surface area contributed by atoms with Crippen LogP contribution in [0.2, 0.25) is 0 Å². The van der Waals surface area contributed by atoms with Crippen LogP contribution in [0.1, 0.15) is 40.7 Å². The van der Waals surface area contributed by atoms with Crippen LogP contribution >= 0.6 is 11.6 Å². The molecule has 1 unspecified atom stereocenters. The highest BCUT2D eigenvalue weighted by Crippen LogP contribution is 2.49. The Kier molecular flexibility index (Phi) is 3.95. The van der Waals surface area contributed by atoms with Gasteiger partial charge in [0.15, 0.2) is 11.1 Å². The first-order valence-corrected chi connectivity index (χ1v) is 7.38. The number of carbonyl (C=O) groups is 1. The number of nitrogens with zero attached hydrogens (tertiary/aromatic N) is 1. The minimum Gasteiger partial charge on any atom is -0.305 e. The summed E-state index contributed by atoms with van der Waals surface area (Å²) in [5, 5.41) is 10.4. The molecule has 1 atom stereocenters. The number of halogens is 1. The number of benzene rings is 1. The molecular weight excluding hydrogens is 306 g/mol. The Hall–Kier alpha value is -1.31. The SMILES string of the molecule is Cc1cc(C2(S(=O)O)CCC2)c([N+](=O)[O-])cc1C(=O)Cl. The van der Waals surface area contributed by atoms with E-state index >= 15 is 0 Å². The standard InChI is InChI=1S/C12H12ClNO5S/c1-7-5-9(12(20(18)19)3-2-4-12)10(14(16)17)6-8(7)11(13)15/h5-6H,2-4H2,1H3,(H,18,19). The number of hydrogen-bond acceptors (Lipinski definition) is 4. The van der Waals surface area contributed by atoms with Crippen LogP contribution in [0.4, 0.5) is 5.69 Å². The first-order chi connectivity index (χ1) is 9.29. The van der Waals surface area contributed by atoms with E-state index in [1.54, 1.807) is 6.92 Å². The Labute approximate surface area is 122 Å². The highest BCUT2D eigenvalue weighted by Gasteiger charge is 2.48. The fourth-order valence-corrected chi connectivity index (χ4v) is 3.65. The average molecular weight is 318 g/mol. The summed E-state index contributed by atoms with van der Waals surface area (Å²) in [5.41, 5.74) is 0.373. The van der Waals surface area contributed by atoms with Gasteiger partial charge in [0, 0.05) is 11.6 Å². The maximum absolute atomic E-state index is 11.6. The lowest BCUT2D eigenvalue weighted by atomic mass is 9.77. The molecule has 1 N–H and O–H groups in total. The van der Waals surface area contributed by atoms with E-state index in [9.17, 15) is 23.7 Å². The Balaban J connectivity index is 2.70. The van der Waals surface area contributed by atoms with E-state index in [1.807, 2.05) is 0 Å². The van der Waals surface area contributed by atoms with Crippen molar-refractivity contribution in [3.8, 4) is 0 Å². The Morgan fingerprint density at radius 2 is 2.10 bits per heavy atom. The van der Waals surface area contributed by atoms with Crippen molar-refractivity contribution in [2.75, 3.05) is 0 Å². The Morgan fingerprint density at radius 3 is 2.45 bits per heavy atom. The highest BCUT2D eigenvalue weighted by molar-refractivity contribution is 7.80. The first kappa shape index (κ1) is 15.1. The molecule has 0 aliphatic heterocycles. The minimum atomic E-state index is -2.21. The molecule has 0 aromatic heterocycles. The van der Waals surface area contributed by atoms with E-state index < -0.39 is 26.0 Å². The third-order valence-electron chi connectivity index (χ3n) is 3.74. The summed E-state index contributed by atoms with van der Waals surface area (Å²) in [4.78, 5) is 21.8. The van der Waals surface area contributed by atoms with Crippen LogP contribution < -0.4 is 0 Å². The van der Waals surface area contributed by atoms with Crippen LogP contribution in [0.25, 0.3) is 0 Å². The predicted octanol–water partition coefficient (Wildman–Crippen LogP) is 2.88. The zero-order valence-electron chi connectivity index (χ0n) is 10.6. The zero-order valence-corrected chi connectivity index (χ0v) is 12.2. The molecule has 0 heterocycles. The van der Waals surface area contributed by atoms with Gasteiger partial charge >= 0.3 is 0 Å². The maximum Gasteiger partial charge on any atom is 0.274 e. The Bertz CT molecular complexity index is 627. The second-order valence-electron chi connectivity index (χ2n) is 4.81. The molecule has 108 valence electrons. The summed E-state index contributed by atoms with van der Waals surface area (Å²) in [7, 11) is 0. The monoisotopic (exact) mass is 317 g/mol. The molecule has 1 saturated carbocycles. The molecule has 1 aromatic rings. The number of aryl methyl sites for hydroxylation is 1. The molecule has 1 aliphatic rings. The lowest BCUT2D eigenvalue weighted by molar-refractivity contribution is -0.386. The van der Waals surface area contributed by atoms with Gasteiger partial charge in [-0.2, -0.15) is 0 Å². The van der Waals surface area contributed by atoms with Crippen LogP contribution in [0.3, 0.4) is 0 Å². The summed E-state index contributed by atoms with van der Waals surface area (Å²) in [6.07, 6.45) is 1.55. The maximum atomic E-state index is 11.6. The van der Waals surface area contributed by atoms with E-state index in [4.69, 9.17) is 11.6 Å². The van der Waals surface area contributed by atoms with Crippen LogP contribution in [-0.2, 0) is 15.8 Å². The van der Waals surface area contributed by atoms with Gasteiger partial charge in [-0.1, -0.05) is 0 Å². The van der Waals surface area contributed by atoms with Crippen molar-refractivity contribution in [2.45, 2.75) is 30.9 Å². The first-order valence-electron chi connectivity index (χ1n) is 5.90. The van der Waals surface area contributed by atoms with Gasteiger partial charge in [0.05, 0.1) is 10.5 Å². The van der Waals surface area contributed by atoms with E-state index in [0.29, 0.717) is 18.4 Å². The van der Waals surface area contributed by atoms with Gasteiger partial charge in [-0.25, -0.2) is 4.21 Å². The molecule has 20 heavy (non-hydrogen) atoms. The zero-order chi connectivity index (χ0) is 15.1. The molecule has 0 amide bonds. The second kappa shape index (κ2) is 5.23. The molecule has 2 rings (SSSR count). The summed E-state index contributed by atoms with van der Waals surface area (Å²) in [6.45, 7) is 1.59. The molecule has 8 heteroatoms. The summed E-state index contributed by atoms with van der Waals surface area (Å²) in [5.74, 6) is 0. The van der Waals surface area contributed by atoms with E-state index in [-0.39, 0.29) is 16.8 Å². The van der Waals surface area contributed by atoms with Gasteiger partial charge in [-0.05, 0) is 49.4 Å². The lowest BCUT2D eigenvalue weighted by Gasteiger charge is -2.38. The lowest BCUT2D eigenvalue weighted by Crippen LogP contribution is -2.39.